The van der Waals surface area contributed by atoms with Crippen LogP contribution < -0.4 is 0 Å². The van der Waals surface area contributed by atoms with Crippen molar-refractivity contribution in [2.75, 3.05) is 0 Å². The SMILES string of the molecule is O=C(O)Cc1nc(C(F)F)c(F)cc1I. The predicted molar refractivity (Wildman–Crippen MR) is 53.2 cm³/mol. The molecule has 0 fully saturated rings. The summed E-state index contributed by atoms with van der Waals surface area (Å²) in [6.07, 6.45) is -3.55. The Hall–Kier alpha value is -0.860. The number of aliphatic carboxylic acids is 1. The van der Waals surface area contributed by atoms with Gasteiger partial charge in [0.05, 0.1) is 12.1 Å². The molecule has 0 radical (unpaired) electrons. The first-order valence-corrected chi connectivity index (χ1v) is 4.84. The third-order valence-corrected chi connectivity index (χ3v) is 2.49. The van der Waals surface area contributed by atoms with Crippen LogP contribution in [0.1, 0.15) is 17.8 Å². The van der Waals surface area contributed by atoms with Crippen LogP contribution in [0.25, 0.3) is 0 Å². The van der Waals surface area contributed by atoms with Crippen LogP contribution in [0.4, 0.5) is 13.2 Å². The number of pyridine rings is 1. The van der Waals surface area contributed by atoms with Gasteiger partial charge in [-0.2, -0.15) is 0 Å². The molecule has 15 heavy (non-hydrogen) atoms. The number of aromatic nitrogens is 1. The van der Waals surface area contributed by atoms with Crippen LogP contribution in [0.15, 0.2) is 6.07 Å². The van der Waals surface area contributed by atoms with Crippen LogP contribution in [0.3, 0.4) is 0 Å². The van der Waals surface area contributed by atoms with Crippen molar-refractivity contribution in [3.63, 3.8) is 0 Å². The van der Waals surface area contributed by atoms with Gasteiger partial charge in [-0.25, -0.2) is 18.2 Å². The van der Waals surface area contributed by atoms with Gasteiger partial charge in [0, 0.05) is 3.57 Å². The van der Waals surface area contributed by atoms with Crippen molar-refractivity contribution >= 4 is 28.6 Å². The van der Waals surface area contributed by atoms with Crippen LogP contribution >= 0.6 is 22.6 Å². The van der Waals surface area contributed by atoms with E-state index < -0.39 is 30.3 Å². The monoisotopic (exact) mass is 331 g/mol. The number of rotatable bonds is 3. The molecule has 0 bridgehead atoms. The van der Waals surface area contributed by atoms with Crippen molar-refractivity contribution in [3.05, 3.63) is 26.8 Å². The lowest BCUT2D eigenvalue weighted by Crippen LogP contribution is -2.08. The summed E-state index contributed by atoms with van der Waals surface area (Å²) in [5, 5.41) is 8.47. The molecule has 0 amide bonds. The summed E-state index contributed by atoms with van der Waals surface area (Å²) in [4.78, 5) is 13.7. The maximum absolute atomic E-state index is 12.9. The summed E-state index contributed by atoms with van der Waals surface area (Å²) < 4.78 is 37.6. The first kappa shape index (κ1) is 12.2. The second-order valence-corrected chi connectivity index (χ2v) is 3.82. The van der Waals surface area contributed by atoms with E-state index in [-0.39, 0.29) is 9.26 Å². The Morgan fingerprint density at radius 3 is 2.67 bits per heavy atom. The van der Waals surface area contributed by atoms with Gasteiger partial charge in [-0.3, -0.25) is 4.79 Å². The lowest BCUT2D eigenvalue weighted by atomic mass is 10.2. The second-order valence-electron chi connectivity index (χ2n) is 2.66. The molecule has 0 spiro atoms. The summed E-state index contributed by atoms with van der Waals surface area (Å²) in [5.74, 6) is -2.32. The molecule has 0 aliphatic carbocycles. The first-order chi connectivity index (χ1) is 6.91. The van der Waals surface area contributed by atoms with E-state index in [4.69, 9.17) is 5.11 Å². The van der Waals surface area contributed by atoms with E-state index in [1.807, 2.05) is 0 Å². The van der Waals surface area contributed by atoms with E-state index in [9.17, 15) is 18.0 Å². The van der Waals surface area contributed by atoms with Gasteiger partial charge in [-0.15, -0.1) is 0 Å². The van der Waals surface area contributed by atoms with E-state index in [0.717, 1.165) is 6.07 Å². The Labute approximate surface area is 96.5 Å². The Kier molecular flexibility index (Phi) is 3.89. The van der Waals surface area contributed by atoms with Crippen molar-refractivity contribution in [1.82, 2.24) is 4.98 Å². The summed E-state index contributed by atoms with van der Waals surface area (Å²) in [7, 11) is 0. The Morgan fingerprint density at radius 1 is 1.60 bits per heavy atom. The predicted octanol–water partition coefficient (Wildman–Crippen LogP) is 2.39. The molecule has 82 valence electrons. The third kappa shape index (κ3) is 3.05. The summed E-state index contributed by atoms with van der Waals surface area (Å²) in [5.41, 5.74) is -1.06. The lowest BCUT2D eigenvalue weighted by Gasteiger charge is -2.05. The van der Waals surface area contributed by atoms with Crippen LogP contribution in [-0.4, -0.2) is 16.1 Å². The van der Waals surface area contributed by atoms with Gasteiger partial charge in [-0.05, 0) is 28.7 Å². The van der Waals surface area contributed by atoms with Gasteiger partial charge in [0.1, 0.15) is 5.69 Å². The van der Waals surface area contributed by atoms with Crippen molar-refractivity contribution in [2.45, 2.75) is 12.8 Å². The molecule has 0 aliphatic heterocycles. The zero-order valence-electron chi connectivity index (χ0n) is 7.18. The minimum absolute atomic E-state index is 0.0557. The fourth-order valence-corrected chi connectivity index (χ4v) is 1.53. The number of alkyl halides is 2. The highest BCUT2D eigenvalue weighted by Crippen LogP contribution is 2.23. The number of carboxylic acids is 1. The molecule has 1 heterocycles. The minimum atomic E-state index is -3.05. The number of hydrogen-bond acceptors (Lipinski definition) is 2. The fraction of sp³-hybridized carbons (Fsp3) is 0.250. The standard InChI is InChI=1S/C8H5F3INO2/c9-3-1-4(12)5(2-6(14)15)13-7(3)8(10)11/h1,8H,2H2,(H,14,15). The lowest BCUT2D eigenvalue weighted by molar-refractivity contribution is -0.136. The molecule has 0 saturated carbocycles. The Morgan fingerprint density at radius 2 is 2.20 bits per heavy atom. The van der Waals surface area contributed by atoms with Crippen LogP contribution in [0.5, 0.6) is 0 Å². The molecule has 1 aromatic rings. The number of carbonyl (C=O) groups is 1. The highest BCUT2D eigenvalue weighted by atomic mass is 127. The molecule has 1 aromatic heterocycles. The smallest absolute Gasteiger partial charge is 0.309 e. The third-order valence-electron chi connectivity index (χ3n) is 1.55. The molecular formula is C8H5F3INO2. The molecular weight excluding hydrogens is 326 g/mol. The zero-order chi connectivity index (χ0) is 11.6. The molecule has 0 aliphatic rings. The molecule has 1 N–H and O–H groups in total. The minimum Gasteiger partial charge on any atom is -0.481 e. The number of halogens is 4. The van der Waals surface area contributed by atoms with Crippen LogP contribution in [0, 0.1) is 9.39 Å². The van der Waals surface area contributed by atoms with E-state index >= 15 is 0 Å². The average molecular weight is 331 g/mol. The zero-order valence-corrected chi connectivity index (χ0v) is 9.33. The number of nitrogens with zero attached hydrogens (tertiary/aromatic N) is 1. The topological polar surface area (TPSA) is 50.2 Å². The van der Waals surface area contributed by atoms with Crippen molar-refractivity contribution in [1.29, 1.82) is 0 Å². The fourth-order valence-electron chi connectivity index (χ4n) is 0.941. The normalized spacial score (nSPS) is 10.7. The highest BCUT2D eigenvalue weighted by Gasteiger charge is 2.19. The van der Waals surface area contributed by atoms with Crippen LogP contribution in [-0.2, 0) is 11.2 Å². The maximum atomic E-state index is 12.9. The van der Waals surface area contributed by atoms with Crippen molar-refractivity contribution in [2.24, 2.45) is 0 Å². The Balaban J connectivity index is 3.17. The maximum Gasteiger partial charge on any atom is 0.309 e. The van der Waals surface area contributed by atoms with Crippen molar-refractivity contribution in [3.8, 4) is 0 Å². The van der Waals surface area contributed by atoms with Gasteiger partial charge < -0.3 is 5.11 Å². The van der Waals surface area contributed by atoms with Gasteiger partial charge in [0.25, 0.3) is 6.43 Å². The molecule has 0 saturated heterocycles. The average Bonchev–Trinajstić information content (AvgIpc) is 2.08. The molecule has 0 atom stereocenters. The quantitative estimate of drug-likeness (QED) is 0.866. The molecule has 0 unspecified atom stereocenters. The van der Waals surface area contributed by atoms with Crippen LogP contribution in [0.2, 0.25) is 0 Å². The second kappa shape index (κ2) is 4.77. The van der Waals surface area contributed by atoms with Gasteiger partial charge in [0.15, 0.2) is 5.82 Å². The van der Waals surface area contributed by atoms with Crippen molar-refractivity contribution < 1.29 is 23.1 Å². The largest absolute Gasteiger partial charge is 0.481 e. The summed E-state index contributed by atoms with van der Waals surface area (Å²) in [6, 6.07) is 0.854. The van der Waals surface area contributed by atoms with E-state index in [1.54, 1.807) is 22.6 Å². The van der Waals surface area contributed by atoms with Gasteiger partial charge in [-0.1, -0.05) is 0 Å². The van der Waals surface area contributed by atoms with E-state index in [2.05, 4.69) is 4.98 Å². The summed E-state index contributed by atoms with van der Waals surface area (Å²) >= 11 is 1.65. The summed E-state index contributed by atoms with van der Waals surface area (Å²) in [6.45, 7) is 0. The highest BCUT2D eigenvalue weighted by molar-refractivity contribution is 14.1. The first-order valence-electron chi connectivity index (χ1n) is 3.76. The molecule has 1 rings (SSSR count). The van der Waals surface area contributed by atoms with Gasteiger partial charge >= 0.3 is 5.97 Å². The molecule has 3 nitrogen and oxygen atoms in total. The van der Waals surface area contributed by atoms with E-state index in [1.165, 1.54) is 0 Å². The van der Waals surface area contributed by atoms with Gasteiger partial charge in [0.2, 0.25) is 0 Å². The molecule has 0 aromatic carbocycles. The Bertz CT molecular complexity index is 398. The number of hydrogen-bond donors (Lipinski definition) is 1. The van der Waals surface area contributed by atoms with E-state index in [0.29, 0.717) is 0 Å². The number of carboxylic acid groups (broad SMARTS) is 1. The molecule has 7 heteroatoms.